The van der Waals surface area contributed by atoms with Crippen LogP contribution in [0.3, 0.4) is 0 Å². The molecule has 0 aliphatic carbocycles. The number of methoxy groups -OCH3 is 1. The standard InChI is InChI=1S/C8H8FNO3/c1-13-8(9)6-3-2-4-7(5-6)10(11)12/h2-5,8H,1H3. The van der Waals surface area contributed by atoms with E-state index >= 15 is 0 Å². The molecule has 13 heavy (non-hydrogen) atoms. The zero-order chi connectivity index (χ0) is 9.84. The smallest absolute Gasteiger partial charge is 0.269 e. The van der Waals surface area contributed by atoms with E-state index in [2.05, 4.69) is 4.74 Å². The van der Waals surface area contributed by atoms with Gasteiger partial charge in [0.2, 0.25) is 6.36 Å². The highest BCUT2D eigenvalue weighted by Crippen LogP contribution is 2.21. The molecule has 0 N–H and O–H groups in total. The van der Waals surface area contributed by atoms with Crippen molar-refractivity contribution in [1.29, 1.82) is 0 Å². The Morgan fingerprint density at radius 1 is 1.62 bits per heavy atom. The number of nitro benzene ring substituents is 1. The van der Waals surface area contributed by atoms with Crippen molar-refractivity contribution in [2.75, 3.05) is 7.11 Å². The van der Waals surface area contributed by atoms with Crippen LogP contribution in [0.4, 0.5) is 10.1 Å². The lowest BCUT2D eigenvalue weighted by Gasteiger charge is -2.04. The second kappa shape index (κ2) is 3.95. The van der Waals surface area contributed by atoms with Gasteiger partial charge in [-0.3, -0.25) is 10.1 Å². The molecule has 4 nitrogen and oxygen atoms in total. The highest BCUT2D eigenvalue weighted by atomic mass is 19.1. The summed E-state index contributed by atoms with van der Waals surface area (Å²) in [5.74, 6) is 0. The van der Waals surface area contributed by atoms with Gasteiger partial charge in [0.1, 0.15) is 0 Å². The highest BCUT2D eigenvalue weighted by molar-refractivity contribution is 5.34. The number of hydrogen-bond acceptors (Lipinski definition) is 3. The van der Waals surface area contributed by atoms with Gasteiger partial charge in [-0.2, -0.15) is 0 Å². The minimum atomic E-state index is -1.61. The first-order valence-corrected chi connectivity index (χ1v) is 3.56. The first-order valence-electron chi connectivity index (χ1n) is 3.56. The monoisotopic (exact) mass is 185 g/mol. The van der Waals surface area contributed by atoms with E-state index in [4.69, 9.17) is 0 Å². The van der Waals surface area contributed by atoms with E-state index in [1.165, 1.54) is 25.3 Å². The quantitative estimate of drug-likeness (QED) is 0.535. The third-order valence-corrected chi connectivity index (χ3v) is 1.55. The number of nitrogens with zero attached hydrogens (tertiary/aromatic N) is 1. The maximum atomic E-state index is 12.9. The van der Waals surface area contributed by atoms with Gasteiger partial charge in [-0.15, -0.1) is 0 Å². The molecule has 1 aromatic rings. The van der Waals surface area contributed by atoms with Crippen LogP contribution in [0.25, 0.3) is 0 Å². The van der Waals surface area contributed by atoms with Crippen molar-refractivity contribution < 1.29 is 14.1 Å². The highest BCUT2D eigenvalue weighted by Gasteiger charge is 2.12. The van der Waals surface area contributed by atoms with Crippen molar-refractivity contribution in [2.24, 2.45) is 0 Å². The first kappa shape index (κ1) is 9.60. The van der Waals surface area contributed by atoms with E-state index in [9.17, 15) is 14.5 Å². The maximum absolute atomic E-state index is 12.9. The lowest BCUT2D eigenvalue weighted by Crippen LogP contribution is -1.95. The van der Waals surface area contributed by atoms with E-state index in [1.807, 2.05) is 0 Å². The van der Waals surface area contributed by atoms with Crippen molar-refractivity contribution in [3.8, 4) is 0 Å². The average molecular weight is 185 g/mol. The molecule has 70 valence electrons. The molecule has 0 aliphatic rings. The zero-order valence-corrected chi connectivity index (χ0v) is 6.94. The van der Waals surface area contributed by atoms with Gasteiger partial charge in [-0.05, 0) is 0 Å². The number of nitro groups is 1. The molecular formula is C8H8FNO3. The van der Waals surface area contributed by atoms with Gasteiger partial charge in [0.25, 0.3) is 5.69 Å². The van der Waals surface area contributed by atoms with Crippen LogP contribution in [-0.2, 0) is 4.74 Å². The molecule has 0 fully saturated rings. The van der Waals surface area contributed by atoms with Crippen LogP contribution in [0.15, 0.2) is 24.3 Å². The topological polar surface area (TPSA) is 52.4 Å². The number of hydrogen-bond donors (Lipinski definition) is 0. The van der Waals surface area contributed by atoms with E-state index in [-0.39, 0.29) is 11.3 Å². The molecule has 0 aromatic heterocycles. The average Bonchev–Trinajstić information content (AvgIpc) is 2.17. The lowest BCUT2D eigenvalue weighted by molar-refractivity contribution is -0.385. The van der Waals surface area contributed by atoms with Crippen LogP contribution in [0, 0.1) is 10.1 Å². The summed E-state index contributed by atoms with van der Waals surface area (Å²) in [5.41, 5.74) is 0.00824. The Morgan fingerprint density at radius 3 is 2.85 bits per heavy atom. The lowest BCUT2D eigenvalue weighted by atomic mass is 10.2. The Hall–Kier alpha value is -1.49. The van der Waals surface area contributed by atoms with Gasteiger partial charge in [0.05, 0.1) is 4.92 Å². The van der Waals surface area contributed by atoms with Gasteiger partial charge in [0, 0.05) is 24.8 Å². The van der Waals surface area contributed by atoms with Crippen molar-refractivity contribution >= 4 is 5.69 Å². The van der Waals surface area contributed by atoms with Gasteiger partial charge >= 0.3 is 0 Å². The summed E-state index contributed by atoms with van der Waals surface area (Å²) >= 11 is 0. The summed E-state index contributed by atoms with van der Waals surface area (Å²) in [6, 6.07) is 5.29. The van der Waals surface area contributed by atoms with E-state index in [0.717, 1.165) is 6.07 Å². The number of halogens is 1. The second-order valence-corrected chi connectivity index (χ2v) is 2.40. The summed E-state index contributed by atoms with van der Waals surface area (Å²) in [6.45, 7) is 0. The molecule has 0 aliphatic heterocycles. The third-order valence-electron chi connectivity index (χ3n) is 1.55. The Labute approximate surface area is 74.1 Å². The zero-order valence-electron chi connectivity index (χ0n) is 6.94. The first-order chi connectivity index (χ1) is 6.15. The predicted molar refractivity (Wildman–Crippen MR) is 44.0 cm³/mol. The summed E-state index contributed by atoms with van der Waals surface area (Å²) < 4.78 is 17.2. The normalized spacial score (nSPS) is 12.5. The largest absolute Gasteiger partial charge is 0.348 e. The fourth-order valence-corrected chi connectivity index (χ4v) is 0.916. The van der Waals surface area contributed by atoms with Crippen LogP contribution in [0.2, 0.25) is 0 Å². The van der Waals surface area contributed by atoms with Crippen LogP contribution in [0.5, 0.6) is 0 Å². The number of benzene rings is 1. The Bertz CT molecular complexity index is 316. The fourth-order valence-electron chi connectivity index (χ4n) is 0.916. The van der Waals surface area contributed by atoms with E-state index in [1.54, 1.807) is 0 Å². The molecule has 0 saturated carbocycles. The molecular weight excluding hydrogens is 177 g/mol. The molecule has 5 heteroatoms. The summed E-state index contributed by atoms with van der Waals surface area (Å²) in [7, 11) is 1.20. The minimum absolute atomic E-state index is 0.141. The van der Waals surface area contributed by atoms with Crippen LogP contribution in [-0.4, -0.2) is 12.0 Å². The fraction of sp³-hybridized carbons (Fsp3) is 0.250. The van der Waals surface area contributed by atoms with Crippen LogP contribution >= 0.6 is 0 Å². The molecule has 0 amide bonds. The van der Waals surface area contributed by atoms with Gasteiger partial charge in [0.15, 0.2) is 0 Å². The van der Waals surface area contributed by atoms with Crippen molar-refractivity contribution in [3.05, 3.63) is 39.9 Å². The number of rotatable bonds is 3. The number of non-ortho nitro benzene ring substituents is 1. The molecule has 1 unspecified atom stereocenters. The summed E-state index contributed by atoms with van der Waals surface area (Å²) in [5, 5.41) is 10.3. The van der Waals surface area contributed by atoms with Crippen LogP contribution < -0.4 is 0 Å². The molecule has 0 bridgehead atoms. The van der Waals surface area contributed by atoms with Gasteiger partial charge < -0.3 is 4.74 Å². The molecule has 0 heterocycles. The van der Waals surface area contributed by atoms with Crippen LogP contribution in [0.1, 0.15) is 11.9 Å². The molecule has 1 rings (SSSR count). The summed E-state index contributed by atoms with van der Waals surface area (Å²) in [6.07, 6.45) is -1.61. The van der Waals surface area contributed by atoms with Gasteiger partial charge in [-0.1, -0.05) is 12.1 Å². The van der Waals surface area contributed by atoms with Crippen molar-refractivity contribution in [1.82, 2.24) is 0 Å². The Morgan fingerprint density at radius 2 is 2.31 bits per heavy atom. The molecule has 0 saturated heterocycles. The SMILES string of the molecule is COC(F)c1cccc([N+](=O)[O-])c1. The number of ether oxygens (including phenoxy) is 1. The Kier molecular flexibility index (Phi) is 2.92. The minimum Gasteiger partial charge on any atom is -0.348 e. The second-order valence-electron chi connectivity index (χ2n) is 2.40. The predicted octanol–water partition coefficient (Wildman–Crippen LogP) is 2.21. The molecule has 0 spiro atoms. The Balaban J connectivity index is 2.98. The van der Waals surface area contributed by atoms with Gasteiger partial charge in [-0.25, -0.2) is 4.39 Å². The maximum Gasteiger partial charge on any atom is 0.269 e. The van der Waals surface area contributed by atoms with Crippen molar-refractivity contribution in [3.63, 3.8) is 0 Å². The molecule has 0 radical (unpaired) electrons. The van der Waals surface area contributed by atoms with E-state index in [0.29, 0.717) is 0 Å². The summed E-state index contributed by atoms with van der Waals surface area (Å²) in [4.78, 5) is 9.73. The van der Waals surface area contributed by atoms with Crippen molar-refractivity contribution in [2.45, 2.75) is 6.36 Å². The third kappa shape index (κ3) is 2.22. The van der Waals surface area contributed by atoms with E-state index < -0.39 is 11.3 Å². The molecule has 1 atom stereocenters. The number of alkyl halides is 1. The molecule has 1 aromatic carbocycles.